The first-order valence-corrected chi connectivity index (χ1v) is 7.01. The van der Waals surface area contributed by atoms with E-state index in [2.05, 4.69) is 16.9 Å². The van der Waals surface area contributed by atoms with E-state index in [0.29, 0.717) is 12.6 Å². The summed E-state index contributed by atoms with van der Waals surface area (Å²) in [5.74, 6) is 1.25. The van der Waals surface area contributed by atoms with Gasteiger partial charge >= 0.3 is 0 Å². The van der Waals surface area contributed by atoms with Crippen LogP contribution in [0.15, 0.2) is 42.7 Å². The van der Waals surface area contributed by atoms with Gasteiger partial charge in [-0.15, -0.1) is 0 Å². The van der Waals surface area contributed by atoms with E-state index in [4.69, 9.17) is 10.5 Å². The number of imidazole rings is 1. The predicted octanol–water partition coefficient (Wildman–Crippen LogP) is 3.02. The second-order valence-corrected chi connectivity index (χ2v) is 4.85. The molecule has 5 heteroatoms. The molecule has 1 aromatic carbocycles. The zero-order valence-corrected chi connectivity index (χ0v) is 12.2. The number of fused-ring (bicyclic) bond motifs is 1. The van der Waals surface area contributed by atoms with E-state index in [1.54, 1.807) is 12.4 Å². The summed E-state index contributed by atoms with van der Waals surface area (Å²) in [6.07, 6.45) is 3.57. The SMILES string of the molecule is CCOc1cccc2c1nc(N)n2C(C)c1ccncc1. The van der Waals surface area contributed by atoms with Gasteiger partial charge in [0, 0.05) is 12.4 Å². The van der Waals surface area contributed by atoms with Crippen molar-refractivity contribution >= 4 is 17.0 Å². The molecule has 5 nitrogen and oxygen atoms in total. The summed E-state index contributed by atoms with van der Waals surface area (Å²) in [6.45, 7) is 4.66. The van der Waals surface area contributed by atoms with E-state index in [-0.39, 0.29) is 6.04 Å². The Morgan fingerprint density at radius 2 is 2.00 bits per heavy atom. The maximum absolute atomic E-state index is 6.14. The third-order valence-corrected chi connectivity index (χ3v) is 3.59. The minimum Gasteiger partial charge on any atom is -0.492 e. The molecule has 0 saturated carbocycles. The van der Waals surface area contributed by atoms with Crippen molar-refractivity contribution in [3.8, 4) is 5.75 Å². The van der Waals surface area contributed by atoms with Crippen LogP contribution in [-0.4, -0.2) is 21.1 Å². The van der Waals surface area contributed by atoms with Crippen molar-refractivity contribution in [1.29, 1.82) is 0 Å². The number of ether oxygens (including phenoxy) is 1. The third kappa shape index (κ3) is 2.31. The van der Waals surface area contributed by atoms with Crippen molar-refractivity contribution in [2.24, 2.45) is 0 Å². The summed E-state index contributed by atoms with van der Waals surface area (Å²) in [5, 5.41) is 0. The zero-order valence-electron chi connectivity index (χ0n) is 12.2. The lowest BCUT2D eigenvalue weighted by molar-refractivity contribution is 0.343. The number of nitrogens with zero attached hydrogens (tertiary/aromatic N) is 3. The van der Waals surface area contributed by atoms with Gasteiger partial charge in [0.05, 0.1) is 18.2 Å². The number of pyridine rings is 1. The normalized spacial score (nSPS) is 12.5. The molecule has 0 aliphatic rings. The molecule has 0 aliphatic carbocycles. The Morgan fingerprint density at radius 3 is 2.71 bits per heavy atom. The summed E-state index contributed by atoms with van der Waals surface area (Å²) in [7, 11) is 0. The van der Waals surface area contributed by atoms with E-state index in [1.807, 2.05) is 41.8 Å². The van der Waals surface area contributed by atoms with E-state index in [1.165, 1.54) is 0 Å². The van der Waals surface area contributed by atoms with Gasteiger partial charge in [0.1, 0.15) is 11.3 Å². The first-order chi connectivity index (χ1) is 10.2. The summed E-state index contributed by atoms with van der Waals surface area (Å²) >= 11 is 0. The predicted molar refractivity (Wildman–Crippen MR) is 83.4 cm³/mol. The first-order valence-electron chi connectivity index (χ1n) is 7.01. The molecule has 3 aromatic rings. The van der Waals surface area contributed by atoms with E-state index >= 15 is 0 Å². The molecule has 2 N–H and O–H groups in total. The standard InChI is InChI=1S/C16H18N4O/c1-3-21-14-6-4-5-13-15(14)19-16(17)20(13)11(2)12-7-9-18-10-8-12/h4-11H,3H2,1-2H3,(H2,17,19). The smallest absolute Gasteiger partial charge is 0.201 e. The summed E-state index contributed by atoms with van der Waals surface area (Å²) in [4.78, 5) is 8.53. The minimum atomic E-state index is 0.0786. The van der Waals surface area contributed by atoms with Gasteiger partial charge in [-0.1, -0.05) is 6.07 Å². The molecule has 0 aliphatic heterocycles. The van der Waals surface area contributed by atoms with Gasteiger partial charge in [-0.3, -0.25) is 4.98 Å². The van der Waals surface area contributed by atoms with Crippen LogP contribution in [0.3, 0.4) is 0 Å². The van der Waals surface area contributed by atoms with Gasteiger partial charge in [-0.25, -0.2) is 4.98 Å². The second kappa shape index (κ2) is 5.44. The fraction of sp³-hybridized carbons (Fsp3) is 0.250. The van der Waals surface area contributed by atoms with Crippen LogP contribution in [0.2, 0.25) is 0 Å². The number of hydrogen-bond acceptors (Lipinski definition) is 4. The number of hydrogen-bond donors (Lipinski definition) is 1. The van der Waals surface area contributed by atoms with Crippen LogP contribution in [0.1, 0.15) is 25.5 Å². The van der Waals surface area contributed by atoms with Crippen molar-refractivity contribution < 1.29 is 4.74 Å². The second-order valence-electron chi connectivity index (χ2n) is 4.85. The van der Waals surface area contributed by atoms with Crippen LogP contribution in [0, 0.1) is 0 Å². The molecule has 1 unspecified atom stereocenters. The largest absolute Gasteiger partial charge is 0.492 e. The molecule has 0 radical (unpaired) electrons. The number of anilines is 1. The van der Waals surface area contributed by atoms with Crippen molar-refractivity contribution in [3.05, 3.63) is 48.3 Å². The summed E-state index contributed by atoms with van der Waals surface area (Å²) in [6, 6.07) is 9.95. The first kappa shape index (κ1) is 13.4. The zero-order chi connectivity index (χ0) is 14.8. The van der Waals surface area contributed by atoms with Gasteiger partial charge in [-0.05, 0) is 43.7 Å². The molecule has 1 atom stereocenters. The Labute approximate surface area is 123 Å². The number of rotatable bonds is 4. The van der Waals surface area contributed by atoms with Crippen LogP contribution in [0.4, 0.5) is 5.95 Å². The van der Waals surface area contributed by atoms with E-state index in [0.717, 1.165) is 22.3 Å². The number of para-hydroxylation sites is 1. The van der Waals surface area contributed by atoms with Crippen molar-refractivity contribution in [2.45, 2.75) is 19.9 Å². The average molecular weight is 282 g/mol. The maximum atomic E-state index is 6.14. The molecule has 2 aromatic heterocycles. The average Bonchev–Trinajstić information content (AvgIpc) is 2.85. The number of benzene rings is 1. The minimum absolute atomic E-state index is 0.0786. The number of nitrogens with two attached hydrogens (primary N) is 1. The molecule has 21 heavy (non-hydrogen) atoms. The molecule has 0 saturated heterocycles. The third-order valence-electron chi connectivity index (χ3n) is 3.59. The lowest BCUT2D eigenvalue weighted by Gasteiger charge is -2.16. The van der Waals surface area contributed by atoms with Crippen LogP contribution in [0.25, 0.3) is 11.0 Å². The number of nitrogen functional groups attached to an aromatic ring is 1. The number of aromatic nitrogens is 3. The molecule has 0 bridgehead atoms. The van der Waals surface area contributed by atoms with Crippen molar-refractivity contribution in [2.75, 3.05) is 12.3 Å². The summed E-state index contributed by atoms with van der Waals surface area (Å²) < 4.78 is 7.65. The Morgan fingerprint density at radius 1 is 1.24 bits per heavy atom. The van der Waals surface area contributed by atoms with Crippen LogP contribution in [0.5, 0.6) is 5.75 Å². The van der Waals surface area contributed by atoms with Crippen LogP contribution < -0.4 is 10.5 Å². The Balaban J connectivity index is 2.15. The molecule has 0 spiro atoms. The topological polar surface area (TPSA) is 66.0 Å². The Kier molecular flexibility index (Phi) is 3.48. The lowest BCUT2D eigenvalue weighted by Crippen LogP contribution is -2.10. The fourth-order valence-corrected chi connectivity index (χ4v) is 2.58. The lowest BCUT2D eigenvalue weighted by atomic mass is 10.1. The van der Waals surface area contributed by atoms with Crippen molar-refractivity contribution in [1.82, 2.24) is 14.5 Å². The highest BCUT2D eigenvalue weighted by atomic mass is 16.5. The van der Waals surface area contributed by atoms with Gasteiger partial charge in [-0.2, -0.15) is 0 Å². The van der Waals surface area contributed by atoms with Gasteiger partial charge in [0.15, 0.2) is 0 Å². The van der Waals surface area contributed by atoms with E-state index < -0.39 is 0 Å². The molecule has 2 heterocycles. The fourth-order valence-electron chi connectivity index (χ4n) is 2.58. The monoisotopic (exact) mass is 282 g/mol. The maximum Gasteiger partial charge on any atom is 0.201 e. The van der Waals surface area contributed by atoms with Crippen molar-refractivity contribution in [3.63, 3.8) is 0 Å². The Bertz CT molecular complexity index is 752. The van der Waals surface area contributed by atoms with Crippen LogP contribution in [-0.2, 0) is 0 Å². The molecule has 108 valence electrons. The highest BCUT2D eigenvalue weighted by Gasteiger charge is 2.17. The Hall–Kier alpha value is -2.56. The molecular weight excluding hydrogens is 264 g/mol. The van der Waals surface area contributed by atoms with Gasteiger partial charge in [0.2, 0.25) is 5.95 Å². The molecular formula is C16H18N4O. The quantitative estimate of drug-likeness (QED) is 0.798. The molecule has 3 rings (SSSR count). The van der Waals surface area contributed by atoms with E-state index in [9.17, 15) is 0 Å². The molecule has 0 fully saturated rings. The van der Waals surface area contributed by atoms with Gasteiger partial charge < -0.3 is 15.0 Å². The highest BCUT2D eigenvalue weighted by Crippen LogP contribution is 2.31. The summed E-state index contributed by atoms with van der Waals surface area (Å²) in [5.41, 5.74) is 9.05. The van der Waals surface area contributed by atoms with Gasteiger partial charge in [0.25, 0.3) is 0 Å². The highest BCUT2D eigenvalue weighted by molar-refractivity contribution is 5.84. The van der Waals surface area contributed by atoms with Crippen LogP contribution >= 0.6 is 0 Å². The molecule has 0 amide bonds.